The third kappa shape index (κ3) is 8.83. The highest BCUT2D eigenvalue weighted by atomic mass is 32.2. The molecule has 0 unspecified atom stereocenters. The van der Waals surface area contributed by atoms with Crippen molar-refractivity contribution in [2.75, 3.05) is 26.7 Å². The fourth-order valence-electron chi connectivity index (χ4n) is 5.67. The average Bonchev–Trinajstić information content (AvgIpc) is 3.31. The number of nitrogens with one attached hydrogen (secondary N) is 1. The lowest BCUT2D eigenvalue weighted by Crippen LogP contribution is -2.53. The van der Waals surface area contributed by atoms with Gasteiger partial charge < -0.3 is 24.8 Å². The lowest BCUT2D eigenvalue weighted by atomic mass is 10.0. The van der Waals surface area contributed by atoms with Crippen molar-refractivity contribution >= 4 is 22.0 Å². The first kappa shape index (κ1) is 33.5. The first-order valence-corrected chi connectivity index (χ1v) is 16.6. The molecule has 44 heavy (non-hydrogen) atoms. The summed E-state index contributed by atoms with van der Waals surface area (Å²) in [4.78, 5) is 27.5. The van der Waals surface area contributed by atoms with E-state index in [4.69, 9.17) is 9.47 Å². The topological polar surface area (TPSA) is 125 Å². The van der Waals surface area contributed by atoms with E-state index in [0.29, 0.717) is 43.5 Å². The van der Waals surface area contributed by atoms with Crippen molar-refractivity contribution in [3.05, 3.63) is 71.8 Å². The molecule has 2 heterocycles. The van der Waals surface area contributed by atoms with Crippen molar-refractivity contribution in [2.24, 2.45) is 0 Å². The summed E-state index contributed by atoms with van der Waals surface area (Å²) < 4.78 is 41.1. The van der Waals surface area contributed by atoms with Gasteiger partial charge in [-0.25, -0.2) is 13.2 Å². The van der Waals surface area contributed by atoms with Crippen molar-refractivity contribution in [1.82, 2.24) is 14.5 Å². The van der Waals surface area contributed by atoms with Gasteiger partial charge in [0.05, 0.1) is 24.2 Å². The third-order valence-corrected chi connectivity index (χ3v) is 9.83. The molecular formula is C33H45N3O7S. The number of β-amino-alcohol motifs (C(OH)–C–C–N with tert-alkyl or cyclic N) is 1. The molecule has 0 saturated carbocycles. The number of fused-ring (bicyclic) bond motifs is 2. The van der Waals surface area contributed by atoms with Gasteiger partial charge in [0, 0.05) is 32.1 Å². The van der Waals surface area contributed by atoms with Crippen LogP contribution in [0.4, 0.5) is 4.79 Å². The maximum absolute atomic E-state index is 14.5. The van der Waals surface area contributed by atoms with E-state index < -0.39 is 33.9 Å². The number of carbonyl (C=O) groups excluding carboxylic acids is 2. The Balaban J connectivity index is 1.71. The van der Waals surface area contributed by atoms with Gasteiger partial charge in [-0.05, 0) is 82.2 Å². The molecule has 4 rings (SSSR count). The van der Waals surface area contributed by atoms with E-state index in [1.807, 2.05) is 42.5 Å². The minimum atomic E-state index is -4.15. The summed E-state index contributed by atoms with van der Waals surface area (Å²) in [6, 6.07) is 13.1. The van der Waals surface area contributed by atoms with Crippen LogP contribution in [0.15, 0.2) is 65.6 Å². The number of allylic oxidation sites excluding steroid dienone is 1. The van der Waals surface area contributed by atoms with Crippen LogP contribution in [0.5, 0.6) is 5.75 Å². The number of hydrogen-bond donors (Lipinski definition) is 2. The number of nitrogens with zero attached hydrogens (tertiary/aromatic N) is 2. The molecule has 3 atom stereocenters. The van der Waals surface area contributed by atoms with E-state index in [1.165, 1.54) is 11.4 Å². The molecule has 0 bridgehead atoms. The Morgan fingerprint density at radius 2 is 1.86 bits per heavy atom. The number of rotatable bonds is 7. The molecule has 10 nitrogen and oxygen atoms in total. The number of aryl methyl sites for hydroxylation is 1. The number of hydrogen-bond acceptors (Lipinski definition) is 7. The van der Waals surface area contributed by atoms with E-state index >= 15 is 0 Å². The van der Waals surface area contributed by atoms with E-state index in [2.05, 4.69) is 5.32 Å². The summed E-state index contributed by atoms with van der Waals surface area (Å²) in [5, 5.41) is 14.5. The normalized spacial score (nSPS) is 21.4. The number of amides is 2. The molecule has 1 fully saturated rings. The number of sulfonamides is 1. The number of aliphatic hydroxyl groups is 1. The molecule has 2 amide bonds. The van der Waals surface area contributed by atoms with Gasteiger partial charge in [0.15, 0.2) is 0 Å². The summed E-state index contributed by atoms with van der Waals surface area (Å²) in [5.74, 6) is 0.536. The quantitative estimate of drug-likeness (QED) is 0.444. The predicted molar refractivity (Wildman–Crippen MR) is 168 cm³/mol. The number of methoxy groups -OCH3 is 1. The fraction of sp³-hybridized carbons (Fsp3) is 0.515. The lowest BCUT2D eigenvalue weighted by molar-refractivity contribution is -0.128. The van der Waals surface area contributed by atoms with Crippen LogP contribution in [0, 0.1) is 0 Å². The molecule has 0 spiro atoms. The smallest absolute Gasteiger partial charge is 0.407 e. The van der Waals surface area contributed by atoms with Gasteiger partial charge in [-0.1, -0.05) is 42.5 Å². The Labute approximate surface area is 261 Å². The first-order chi connectivity index (χ1) is 20.9. The van der Waals surface area contributed by atoms with Gasteiger partial charge in [-0.3, -0.25) is 4.79 Å². The van der Waals surface area contributed by atoms with Crippen LogP contribution in [-0.2, 0) is 32.4 Å². The molecule has 240 valence electrons. The monoisotopic (exact) mass is 627 g/mol. The molecule has 0 aromatic heterocycles. The summed E-state index contributed by atoms with van der Waals surface area (Å²) >= 11 is 0. The second-order valence-corrected chi connectivity index (χ2v) is 14.3. The second kappa shape index (κ2) is 14.6. The number of benzene rings is 2. The number of carbonyl (C=O) groups is 2. The van der Waals surface area contributed by atoms with Crippen molar-refractivity contribution in [3.63, 3.8) is 0 Å². The number of alkyl carbamates (subject to hydrolysis) is 1. The lowest BCUT2D eigenvalue weighted by Gasteiger charge is -2.34. The van der Waals surface area contributed by atoms with E-state index in [9.17, 15) is 23.1 Å². The van der Waals surface area contributed by atoms with Gasteiger partial charge in [0.2, 0.25) is 15.9 Å². The van der Waals surface area contributed by atoms with Gasteiger partial charge in [0.1, 0.15) is 11.4 Å². The van der Waals surface area contributed by atoms with Crippen molar-refractivity contribution in [3.8, 4) is 5.75 Å². The van der Waals surface area contributed by atoms with Crippen molar-refractivity contribution < 1.29 is 32.6 Å². The molecule has 11 heteroatoms. The van der Waals surface area contributed by atoms with Crippen LogP contribution in [0.2, 0.25) is 0 Å². The average molecular weight is 628 g/mol. The summed E-state index contributed by atoms with van der Waals surface area (Å²) in [6.45, 7) is 5.35. The Hall–Kier alpha value is -3.41. The zero-order chi connectivity index (χ0) is 31.9. The van der Waals surface area contributed by atoms with Gasteiger partial charge in [0.25, 0.3) is 0 Å². The predicted octanol–water partition coefficient (Wildman–Crippen LogP) is 4.07. The molecule has 2 aliphatic heterocycles. The van der Waals surface area contributed by atoms with Crippen molar-refractivity contribution in [1.29, 1.82) is 0 Å². The summed E-state index contributed by atoms with van der Waals surface area (Å²) in [7, 11) is -2.61. The third-order valence-electron chi connectivity index (χ3n) is 7.89. The number of ether oxygens (including phenoxy) is 2. The van der Waals surface area contributed by atoms with E-state index in [-0.39, 0.29) is 36.4 Å². The Bertz CT molecular complexity index is 1420. The second-order valence-electron chi connectivity index (χ2n) is 12.4. The molecule has 0 radical (unpaired) electrons. The van der Waals surface area contributed by atoms with E-state index in [1.54, 1.807) is 43.9 Å². The van der Waals surface area contributed by atoms with Crippen molar-refractivity contribution in [2.45, 2.75) is 88.0 Å². The Morgan fingerprint density at radius 3 is 2.57 bits per heavy atom. The van der Waals surface area contributed by atoms with Gasteiger partial charge in [-0.15, -0.1) is 0 Å². The molecule has 2 N–H and O–H groups in total. The summed E-state index contributed by atoms with van der Waals surface area (Å²) in [6.07, 6.45) is 5.06. The molecule has 1 saturated heterocycles. The Kier molecular flexibility index (Phi) is 11.1. The van der Waals surface area contributed by atoms with Crippen LogP contribution >= 0.6 is 0 Å². The van der Waals surface area contributed by atoms with Crippen LogP contribution in [0.1, 0.15) is 57.6 Å². The first-order valence-electron chi connectivity index (χ1n) is 15.2. The maximum atomic E-state index is 14.5. The van der Waals surface area contributed by atoms with Crippen LogP contribution < -0.4 is 10.1 Å². The highest BCUT2D eigenvalue weighted by molar-refractivity contribution is 7.89. The standard InChI is InChI=1S/C33H45N3O7S/c1-33(2,3)43-32(39)34-28(20-24-12-8-7-9-13-24)29(37)23-35-22-26-15-18-31(38)36(26)19-11-6-5-10-14-25-21-27(42-4)16-17-30(25)44(35,40)41/h6-9,11-13,16-17,21,26,28-29,37H,5,10,14-15,18-20,22-23H2,1-4H3,(H,34,39)/b11-6-/t26-,28+,29-/m1/s1. The molecule has 2 aliphatic rings. The van der Waals surface area contributed by atoms with Gasteiger partial charge in [-0.2, -0.15) is 4.31 Å². The van der Waals surface area contributed by atoms with Crippen LogP contribution in [-0.4, -0.2) is 85.3 Å². The largest absolute Gasteiger partial charge is 0.497 e. The van der Waals surface area contributed by atoms with Crippen LogP contribution in [0.25, 0.3) is 0 Å². The Morgan fingerprint density at radius 1 is 1.11 bits per heavy atom. The zero-order valence-corrected chi connectivity index (χ0v) is 26.9. The zero-order valence-electron chi connectivity index (χ0n) is 26.1. The fourth-order valence-corrected chi connectivity index (χ4v) is 7.40. The number of aliphatic hydroxyl groups excluding tert-OH is 1. The molecule has 2 aromatic carbocycles. The molecular weight excluding hydrogens is 582 g/mol. The van der Waals surface area contributed by atoms with E-state index in [0.717, 1.165) is 12.0 Å². The SMILES string of the molecule is COc1ccc2c(c1)CCC/C=C\CN1C(=O)CC[C@@H]1CN(C[C@@H](O)[C@H](Cc1ccccc1)NC(=O)OC(C)(C)C)S2(=O)=O. The van der Waals surface area contributed by atoms with Gasteiger partial charge >= 0.3 is 6.09 Å². The molecule has 0 aliphatic carbocycles. The van der Waals surface area contributed by atoms with Crippen LogP contribution in [0.3, 0.4) is 0 Å². The maximum Gasteiger partial charge on any atom is 0.407 e. The minimum absolute atomic E-state index is 0.00887. The highest BCUT2D eigenvalue weighted by Crippen LogP contribution is 2.29. The summed E-state index contributed by atoms with van der Waals surface area (Å²) in [5.41, 5.74) is 0.726. The minimum Gasteiger partial charge on any atom is -0.497 e. The molecule has 2 aromatic rings. The highest BCUT2D eigenvalue weighted by Gasteiger charge is 2.38.